The van der Waals surface area contributed by atoms with Gasteiger partial charge in [0.1, 0.15) is 30.5 Å². The molecule has 0 radical (unpaired) electrons. The third kappa shape index (κ3) is 10.4. The lowest BCUT2D eigenvalue weighted by Crippen LogP contribution is -2.42. The zero-order valence-electron chi connectivity index (χ0n) is 33.1. The molecule has 3 aliphatic heterocycles. The number of benzene rings is 3. The van der Waals surface area contributed by atoms with Crippen molar-refractivity contribution >= 4 is 17.9 Å². The Bertz CT molecular complexity index is 1620. The largest absolute Gasteiger partial charge is 0.463 e. The molecule has 3 saturated heterocycles. The monoisotopic (exact) mass is 762 g/mol. The molecule has 0 aliphatic carbocycles. The fourth-order valence-electron chi connectivity index (χ4n) is 7.24. The normalized spacial score (nSPS) is 27.0. The molecule has 3 aromatic carbocycles. The first kappa shape index (κ1) is 42.0. The smallest absolute Gasteiger partial charge is 0.305 e. The van der Waals surface area contributed by atoms with E-state index in [0.29, 0.717) is 6.61 Å². The summed E-state index contributed by atoms with van der Waals surface area (Å²) in [6, 6.07) is 31.2. The van der Waals surface area contributed by atoms with Crippen LogP contribution in [0.25, 0.3) is 0 Å². The number of fused-ring (bicyclic) bond motifs is 1. The number of hydrogen-bond acceptors (Lipinski definition) is 12. The van der Waals surface area contributed by atoms with Crippen molar-refractivity contribution in [1.29, 1.82) is 0 Å². The molecular formula is C43H54O12. The van der Waals surface area contributed by atoms with E-state index in [-0.39, 0.29) is 36.9 Å². The standard InChI is InChI=1S/C28H30O4.C15H24O8/c1-20-24(30-26-25(20)31-27(2,3)32-26)19-29-28(21-13-7-4-8-14-21,22-15-9-5-10-16-22)23-17-11-6-12-18-23;1-8-12(7-19-9(2)16)21-14(20-10(3)17)13(8)23-15(5,6)22-11(4)18/h4-18,20,24-26H,19H2,1-3H3;8,12-14H,7H2,1-6H3/t20-,24-,25-,26-;8-,12-,13-,14?/m11/s1. The number of esters is 3. The Kier molecular flexibility index (Phi) is 13.5. The first-order chi connectivity index (χ1) is 26.0. The molecule has 12 heteroatoms. The van der Waals surface area contributed by atoms with E-state index in [1.165, 1.54) is 20.8 Å². The lowest BCUT2D eigenvalue weighted by molar-refractivity contribution is -0.262. The van der Waals surface area contributed by atoms with E-state index in [4.69, 9.17) is 42.6 Å². The SMILES string of the molecule is CC(=O)OC[C@H]1OC(OC(C)=O)[C@H](OC(C)(C)OC(C)=O)[C@@H]1C.C[C@H]1[C@H]2OC(C)(C)O[C@H]2O[C@@H]1COC(c1ccccc1)(c1ccccc1)c1ccccc1. The van der Waals surface area contributed by atoms with Gasteiger partial charge in [-0.15, -0.1) is 0 Å². The lowest BCUT2D eigenvalue weighted by atomic mass is 9.80. The maximum Gasteiger partial charge on any atom is 0.305 e. The number of rotatable bonds is 12. The molecule has 3 fully saturated rings. The van der Waals surface area contributed by atoms with E-state index >= 15 is 0 Å². The summed E-state index contributed by atoms with van der Waals surface area (Å²) >= 11 is 0. The molecule has 12 nitrogen and oxygen atoms in total. The highest BCUT2D eigenvalue weighted by Crippen LogP contribution is 2.44. The Hall–Kier alpha value is -4.17. The van der Waals surface area contributed by atoms with Gasteiger partial charge in [0.15, 0.2) is 12.1 Å². The summed E-state index contributed by atoms with van der Waals surface area (Å²) in [5.41, 5.74) is 2.48. The molecule has 0 aromatic heterocycles. The molecule has 1 unspecified atom stereocenters. The minimum absolute atomic E-state index is 0.0160. The fraction of sp³-hybridized carbons (Fsp3) is 0.512. The molecule has 298 valence electrons. The lowest BCUT2D eigenvalue weighted by Gasteiger charge is -2.37. The molecule has 0 saturated carbocycles. The Morgan fingerprint density at radius 2 is 1.18 bits per heavy atom. The van der Waals surface area contributed by atoms with Gasteiger partial charge in [-0.3, -0.25) is 14.4 Å². The van der Waals surface area contributed by atoms with Gasteiger partial charge < -0.3 is 42.6 Å². The van der Waals surface area contributed by atoms with E-state index < -0.39 is 53.6 Å². The second-order valence-corrected chi connectivity index (χ2v) is 15.0. The number of carbonyl (C=O) groups excluding carboxylic acids is 3. The van der Waals surface area contributed by atoms with Crippen molar-refractivity contribution in [2.45, 2.75) is 116 Å². The quantitative estimate of drug-likeness (QED) is 0.0845. The molecule has 3 aliphatic rings. The van der Waals surface area contributed by atoms with Crippen LogP contribution in [0.5, 0.6) is 0 Å². The molecule has 8 atom stereocenters. The Balaban J connectivity index is 0.000000225. The van der Waals surface area contributed by atoms with Crippen LogP contribution in [-0.4, -0.2) is 79.7 Å². The predicted octanol–water partition coefficient (Wildman–Crippen LogP) is 6.67. The zero-order valence-corrected chi connectivity index (χ0v) is 33.1. The molecule has 6 rings (SSSR count). The maximum absolute atomic E-state index is 11.2. The molecule has 0 bridgehead atoms. The third-order valence-electron chi connectivity index (χ3n) is 9.73. The first-order valence-electron chi connectivity index (χ1n) is 18.7. The molecule has 0 amide bonds. The van der Waals surface area contributed by atoms with Crippen molar-refractivity contribution in [3.05, 3.63) is 108 Å². The summed E-state index contributed by atoms with van der Waals surface area (Å²) in [4.78, 5) is 33.3. The molecule has 3 heterocycles. The number of carbonyl (C=O) groups is 3. The highest BCUT2D eigenvalue weighted by molar-refractivity contribution is 5.67. The Morgan fingerprint density at radius 1 is 0.673 bits per heavy atom. The van der Waals surface area contributed by atoms with Gasteiger partial charge in [0.05, 0.1) is 12.7 Å². The minimum Gasteiger partial charge on any atom is -0.463 e. The van der Waals surface area contributed by atoms with Crippen LogP contribution in [-0.2, 0) is 62.6 Å². The van der Waals surface area contributed by atoms with Gasteiger partial charge in [0.2, 0.25) is 12.1 Å². The third-order valence-corrected chi connectivity index (χ3v) is 9.73. The fourth-order valence-corrected chi connectivity index (χ4v) is 7.24. The van der Waals surface area contributed by atoms with E-state index in [1.807, 2.05) is 39.0 Å². The summed E-state index contributed by atoms with van der Waals surface area (Å²) in [5.74, 6) is -3.40. The average Bonchev–Trinajstić information content (AvgIpc) is 3.70. The summed E-state index contributed by atoms with van der Waals surface area (Å²) in [5, 5.41) is 0. The maximum atomic E-state index is 11.2. The van der Waals surface area contributed by atoms with Crippen molar-refractivity contribution in [3.63, 3.8) is 0 Å². The van der Waals surface area contributed by atoms with E-state index in [1.54, 1.807) is 13.8 Å². The first-order valence-corrected chi connectivity index (χ1v) is 18.7. The predicted molar refractivity (Wildman–Crippen MR) is 200 cm³/mol. The van der Waals surface area contributed by atoms with Crippen LogP contribution < -0.4 is 0 Å². The van der Waals surface area contributed by atoms with Crippen molar-refractivity contribution in [3.8, 4) is 0 Å². The molecule has 0 spiro atoms. The number of ether oxygens (including phenoxy) is 9. The molecule has 55 heavy (non-hydrogen) atoms. The van der Waals surface area contributed by atoms with Gasteiger partial charge in [0, 0.05) is 46.5 Å². The van der Waals surface area contributed by atoms with Gasteiger partial charge in [-0.1, -0.05) is 105 Å². The second kappa shape index (κ2) is 17.7. The Labute approximate surface area is 323 Å². The second-order valence-electron chi connectivity index (χ2n) is 15.0. The van der Waals surface area contributed by atoms with Gasteiger partial charge in [-0.25, -0.2) is 0 Å². The van der Waals surface area contributed by atoms with E-state index in [2.05, 4.69) is 79.7 Å². The van der Waals surface area contributed by atoms with Crippen LogP contribution in [0.2, 0.25) is 0 Å². The summed E-state index contributed by atoms with van der Waals surface area (Å²) < 4.78 is 51.8. The zero-order chi connectivity index (χ0) is 40.0. The van der Waals surface area contributed by atoms with Crippen molar-refractivity contribution < 1.29 is 57.0 Å². The molecule has 3 aromatic rings. The highest BCUT2D eigenvalue weighted by Gasteiger charge is 2.54. The van der Waals surface area contributed by atoms with Crippen molar-refractivity contribution in [2.75, 3.05) is 13.2 Å². The Morgan fingerprint density at radius 3 is 1.64 bits per heavy atom. The van der Waals surface area contributed by atoms with Crippen LogP contribution in [0.3, 0.4) is 0 Å². The molecule has 0 N–H and O–H groups in total. The topological polar surface area (TPSA) is 134 Å². The summed E-state index contributed by atoms with van der Waals surface area (Å²) in [6.45, 7) is 15.2. The average molecular weight is 763 g/mol. The van der Waals surface area contributed by atoms with Gasteiger partial charge in [-0.2, -0.15) is 0 Å². The minimum atomic E-state index is -1.22. The van der Waals surface area contributed by atoms with Crippen LogP contribution in [0.4, 0.5) is 0 Å². The summed E-state index contributed by atoms with van der Waals surface area (Å²) in [6.07, 6.45) is -2.71. The van der Waals surface area contributed by atoms with Crippen LogP contribution >= 0.6 is 0 Å². The molecular weight excluding hydrogens is 708 g/mol. The number of hydrogen-bond donors (Lipinski definition) is 0. The van der Waals surface area contributed by atoms with Crippen LogP contribution in [0.15, 0.2) is 91.0 Å². The summed E-state index contributed by atoms with van der Waals surface area (Å²) in [7, 11) is 0. The van der Waals surface area contributed by atoms with Crippen molar-refractivity contribution in [2.24, 2.45) is 11.8 Å². The van der Waals surface area contributed by atoms with E-state index in [0.717, 1.165) is 16.7 Å². The van der Waals surface area contributed by atoms with Gasteiger partial charge in [0.25, 0.3) is 0 Å². The van der Waals surface area contributed by atoms with Gasteiger partial charge >= 0.3 is 17.9 Å². The van der Waals surface area contributed by atoms with Crippen LogP contribution in [0.1, 0.15) is 79.0 Å². The van der Waals surface area contributed by atoms with Crippen LogP contribution in [0, 0.1) is 11.8 Å². The highest BCUT2D eigenvalue weighted by atomic mass is 16.8. The van der Waals surface area contributed by atoms with E-state index in [9.17, 15) is 14.4 Å². The van der Waals surface area contributed by atoms with Gasteiger partial charge in [-0.05, 0) is 30.5 Å². The van der Waals surface area contributed by atoms with Crippen molar-refractivity contribution in [1.82, 2.24) is 0 Å².